The summed E-state index contributed by atoms with van der Waals surface area (Å²) in [7, 11) is 1.46. The van der Waals surface area contributed by atoms with E-state index in [4.69, 9.17) is 5.11 Å². The number of aliphatic carboxylic acids is 1. The van der Waals surface area contributed by atoms with Gasteiger partial charge in [0.05, 0.1) is 0 Å². The second-order valence-electron chi connectivity index (χ2n) is 4.84. The van der Waals surface area contributed by atoms with Crippen molar-refractivity contribution < 1.29 is 14.7 Å². The first-order valence-electron chi connectivity index (χ1n) is 6.19. The van der Waals surface area contributed by atoms with E-state index in [2.05, 4.69) is 19.2 Å². The van der Waals surface area contributed by atoms with Crippen molar-refractivity contribution >= 4 is 17.7 Å². The minimum atomic E-state index is -1.03. The summed E-state index contributed by atoms with van der Waals surface area (Å²) in [6.07, 6.45) is 0. The van der Waals surface area contributed by atoms with E-state index in [1.165, 1.54) is 14.0 Å². The first-order chi connectivity index (χ1) is 8.82. The van der Waals surface area contributed by atoms with Crippen molar-refractivity contribution in [1.82, 2.24) is 4.90 Å². The van der Waals surface area contributed by atoms with Crippen LogP contribution in [0.2, 0.25) is 0 Å². The van der Waals surface area contributed by atoms with Gasteiger partial charge in [0, 0.05) is 12.7 Å². The fourth-order valence-corrected chi connectivity index (χ4v) is 1.53. The van der Waals surface area contributed by atoms with Crippen molar-refractivity contribution in [1.29, 1.82) is 0 Å². The Kier molecular flexibility index (Phi) is 4.92. The van der Waals surface area contributed by atoms with Gasteiger partial charge >= 0.3 is 12.0 Å². The molecule has 5 nitrogen and oxygen atoms in total. The summed E-state index contributed by atoms with van der Waals surface area (Å²) >= 11 is 0. The van der Waals surface area contributed by atoms with Gasteiger partial charge in [-0.3, -0.25) is 0 Å². The molecule has 104 valence electrons. The summed E-state index contributed by atoms with van der Waals surface area (Å²) in [5.41, 5.74) is 1.78. The summed E-state index contributed by atoms with van der Waals surface area (Å²) in [4.78, 5) is 23.9. The lowest BCUT2D eigenvalue weighted by molar-refractivity contribution is -0.141. The number of hydrogen-bond acceptors (Lipinski definition) is 2. The van der Waals surface area contributed by atoms with Gasteiger partial charge in [0.1, 0.15) is 6.04 Å². The molecule has 0 bridgehead atoms. The van der Waals surface area contributed by atoms with E-state index in [0.29, 0.717) is 11.6 Å². The van der Waals surface area contributed by atoms with E-state index < -0.39 is 18.0 Å². The van der Waals surface area contributed by atoms with Crippen molar-refractivity contribution in [3.8, 4) is 0 Å². The molecular formula is C14H20N2O3. The lowest BCUT2D eigenvalue weighted by Crippen LogP contribution is -2.42. The number of nitrogens with one attached hydrogen (secondary N) is 1. The molecule has 0 aliphatic carbocycles. The molecule has 2 amide bonds. The van der Waals surface area contributed by atoms with Gasteiger partial charge < -0.3 is 15.3 Å². The molecule has 1 unspecified atom stereocenters. The van der Waals surface area contributed by atoms with Gasteiger partial charge in [-0.15, -0.1) is 0 Å². The number of carbonyl (C=O) groups is 2. The summed E-state index contributed by atoms with van der Waals surface area (Å²) in [6, 6.07) is 6.23. The second-order valence-corrected chi connectivity index (χ2v) is 4.84. The van der Waals surface area contributed by atoms with Crippen LogP contribution in [-0.2, 0) is 4.79 Å². The monoisotopic (exact) mass is 264 g/mol. The first kappa shape index (κ1) is 15.0. The molecule has 0 aliphatic rings. The largest absolute Gasteiger partial charge is 0.480 e. The van der Waals surface area contributed by atoms with E-state index >= 15 is 0 Å². The molecule has 0 radical (unpaired) electrons. The maximum atomic E-state index is 11.9. The molecule has 0 aliphatic heterocycles. The van der Waals surface area contributed by atoms with Crippen LogP contribution >= 0.6 is 0 Å². The summed E-state index contributed by atoms with van der Waals surface area (Å²) in [5.74, 6) is -0.666. The predicted octanol–water partition coefficient (Wildman–Crippen LogP) is 2.75. The predicted molar refractivity (Wildman–Crippen MR) is 74.4 cm³/mol. The summed E-state index contributed by atoms with van der Waals surface area (Å²) in [5, 5.41) is 11.6. The number of benzene rings is 1. The summed E-state index contributed by atoms with van der Waals surface area (Å²) < 4.78 is 0. The normalized spacial score (nSPS) is 12.1. The molecule has 1 rings (SSSR count). The van der Waals surface area contributed by atoms with Crippen LogP contribution in [0.1, 0.15) is 32.3 Å². The summed E-state index contributed by atoms with van der Waals surface area (Å²) in [6.45, 7) is 5.60. The van der Waals surface area contributed by atoms with Crippen LogP contribution in [0, 0.1) is 0 Å². The van der Waals surface area contributed by atoms with Crippen LogP contribution in [0.4, 0.5) is 10.5 Å². The molecule has 2 N–H and O–H groups in total. The number of anilines is 1. The highest BCUT2D eigenvalue weighted by atomic mass is 16.4. The maximum absolute atomic E-state index is 11.9. The van der Waals surface area contributed by atoms with Gasteiger partial charge in [-0.05, 0) is 30.5 Å². The van der Waals surface area contributed by atoms with Gasteiger partial charge in [0.15, 0.2) is 0 Å². The van der Waals surface area contributed by atoms with E-state index in [0.717, 1.165) is 10.5 Å². The highest BCUT2D eigenvalue weighted by molar-refractivity contribution is 5.92. The topological polar surface area (TPSA) is 69.6 Å². The zero-order valence-electron chi connectivity index (χ0n) is 11.7. The van der Waals surface area contributed by atoms with E-state index in [-0.39, 0.29) is 0 Å². The smallest absolute Gasteiger partial charge is 0.326 e. The molecule has 0 saturated carbocycles. The lowest BCUT2D eigenvalue weighted by atomic mass is 10.0. The Balaban J connectivity index is 2.77. The van der Waals surface area contributed by atoms with Crippen molar-refractivity contribution in [3.05, 3.63) is 29.8 Å². The second kappa shape index (κ2) is 6.22. The standard InChI is InChI=1S/C14H20N2O3/c1-9(2)11-6-5-7-12(8-11)15-14(19)16(4)10(3)13(17)18/h5-10H,1-4H3,(H,15,19)(H,17,18). The first-order valence-corrected chi connectivity index (χ1v) is 6.19. The van der Waals surface area contributed by atoms with Crippen molar-refractivity contribution in [2.24, 2.45) is 0 Å². The molecular weight excluding hydrogens is 244 g/mol. The number of urea groups is 1. The number of nitrogens with zero attached hydrogens (tertiary/aromatic N) is 1. The fourth-order valence-electron chi connectivity index (χ4n) is 1.53. The zero-order chi connectivity index (χ0) is 14.6. The fraction of sp³-hybridized carbons (Fsp3) is 0.429. The lowest BCUT2D eigenvalue weighted by Gasteiger charge is -2.22. The van der Waals surface area contributed by atoms with Gasteiger partial charge in [0.2, 0.25) is 0 Å². The number of amides is 2. The molecule has 1 atom stereocenters. The SMILES string of the molecule is CC(C)c1cccc(NC(=O)N(C)C(C)C(=O)O)c1. The van der Waals surface area contributed by atoms with E-state index in [1.54, 1.807) is 6.07 Å². The molecule has 19 heavy (non-hydrogen) atoms. The van der Waals surface area contributed by atoms with E-state index in [1.807, 2.05) is 18.2 Å². The highest BCUT2D eigenvalue weighted by Gasteiger charge is 2.21. The number of rotatable bonds is 4. The Morgan fingerprint density at radius 2 is 1.89 bits per heavy atom. The quantitative estimate of drug-likeness (QED) is 0.878. The van der Waals surface area contributed by atoms with Crippen LogP contribution in [-0.4, -0.2) is 35.1 Å². The Bertz CT molecular complexity index is 472. The number of carboxylic acids is 1. The third-order valence-corrected chi connectivity index (χ3v) is 3.06. The van der Waals surface area contributed by atoms with Crippen molar-refractivity contribution in [2.75, 3.05) is 12.4 Å². The Morgan fingerprint density at radius 1 is 1.26 bits per heavy atom. The van der Waals surface area contributed by atoms with Crippen LogP contribution in [0.25, 0.3) is 0 Å². The van der Waals surface area contributed by atoms with Crippen LogP contribution < -0.4 is 5.32 Å². The Hall–Kier alpha value is -2.04. The van der Waals surface area contributed by atoms with Gasteiger partial charge in [0.25, 0.3) is 0 Å². The molecule has 1 aromatic rings. The minimum absolute atomic E-state index is 0.368. The van der Waals surface area contributed by atoms with Crippen molar-refractivity contribution in [2.45, 2.75) is 32.7 Å². The average Bonchev–Trinajstić information content (AvgIpc) is 2.37. The van der Waals surface area contributed by atoms with Crippen LogP contribution in [0.5, 0.6) is 0 Å². The Morgan fingerprint density at radius 3 is 2.42 bits per heavy atom. The average molecular weight is 264 g/mol. The van der Waals surface area contributed by atoms with Gasteiger partial charge in [-0.2, -0.15) is 0 Å². The molecule has 0 aromatic heterocycles. The van der Waals surface area contributed by atoms with Gasteiger partial charge in [-0.25, -0.2) is 9.59 Å². The van der Waals surface area contributed by atoms with E-state index in [9.17, 15) is 9.59 Å². The van der Waals surface area contributed by atoms with Crippen molar-refractivity contribution in [3.63, 3.8) is 0 Å². The number of hydrogen-bond donors (Lipinski definition) is 2. The van der Waals surface area contributed by atoms with Gasteiger partial charge in [-0.1, -0.05) is 26.0 Å². The third kappa shape index (κ3) is 3.98. The minimum Gasteiger partial charge on any atom is -0.480 e. The zero-order valence-corrected chi connectivity index (χ0v) is 11.7. The molecule has 5 heteroatoms. The Labute approximate surface area is 113 Å². The molecule has 0 heterocycles. The maximum Gasteiger partial charge on any atom is 0.326 e. The van der Waals surface area contributed by atoms with Crippen LogP contribution in [0.15, 0.2) is 24.3 Å². The molecule has 0 saturated heterocycles. The highest BCUT2D eigenvalue weighted by Crippen LogP contribution is 2.18. The number of likely N-dealkylation sites (N-methyl/N-ethyl adjacent to an activating group) is 1. The number of carboxylic acid groups (broad SMARTS) is 1. The third-order valence-electron chi connectivity index (χ3n) is 3.06. The molecule has 1 aromatic carbocycles. The molecule has 0 fully saturated rings. The van der Waals surface area contributed by atoms with Crippen LogP contribution in [0.3, 0.4) is 0 Å². The molecule has 0 spiro atoms. The number of carbonyl (C=O) groups excluding carboxylic acids is 1.